The molecular formula is C34H42N4O6S. The lowest BCUT2D eigenvalue weighted by Gasteiger charge is -2.32. The fraction of sp³-hybridized carbons (Fsp3) is 0.412. The number of hydrogen-bond acceptors (Lipinski definition) is 7. The van der Waals surface area contributed by atoms with Gasteiger partial charge in [-0.25, -0.2) is 13.1 Å². The predicted octanol–water partition coefficient (Wildman–Crippen LogP) is 3.29. The number of hydrogen-bond donors (Lipinski definition) is 2. The standard InChI is InChI=1S/C34H42N4O6S/c1-43-30-14-7-27(8-15-30)25-38(32(39)18-11-26-9-16-31(17-10-26)45(41,42)36-29-12-13-29)33(28-5-3-2-4-6-28)34(40)35-19-20-37-21-23-44-24-22-37/h2-10,14-17,29,33,36H,11-13,18-25H2,1H3,(H,35,40)/t33-/m1/s1. The monoisotopic (exact) mass is 634 g/mol. The van der Waals surface area contributed by atoms with Crippen molar-refractivity contribution in [3.63, 3.8) is 0 Å². The molecule has 2 amide bonds. The molecule has 0 unspecified atom stereocenters. The van der Waals surface area contributed by atoms with E-state index in [1.165, 1.54) is 0 Å². The number of amides is 2. The maximum Gasteiger partial charge on any atom is 0.247 e. The number of rotatable bonds is 15. The zero-order valence-corrected chi connectivity index (χ0v) is 26.5. The molecule has 1 saturated heterocycles. The van der Waals surface area contributed by atoms with E-state index in [0.29, 0.717) is 38.5 Å². The van der Waals surface area contributed by atoms with Gasteiger partial charge in [-0.05, 0) is 60.2 Å². The Bertz CT molecular complexity index is 1510. The lowest BCUT2D eigenvalue weighted by Crippen LogP contribution is -2.46. The molecule has 11 heteroatoms. The summed E-state index contributed by atoms with van der Waals surface area (Å²) in [6.45, 7) is 4.39. The van der Waals surface area contributed by atoms with Crippen molar-refractivity contribution in [3.05, 3.63) is 95.6 Å². The van der Waals surface area contributed by atoms with Gasteiger partial charge in [0.15, 0.2) is 0 Å². The van der Waals surface area contributed by atoms with Crippen molar-refractivity contribution >= 4 is 21.8 Å². The smallest absolute Gasteiger partial charge is 0.247 e. The summed E-state index contributed by atoms with van der Waals surface area (Å²) >= 11 is 0. The number of nitrogens with one attached hydrogen (secondary N) is 2. The van der Waals surface area contributed by atoms with Crippen molar-refractivity contribution in [2.24, 2.45) is 0 Å². The van der Waals surface area contributed by atoms with Crippen LogP contribution in [0, 0.1) is 0 Å². The second kappa shape index (κ2) is 15.5. The van der Waals surface area contributed by atoms with E-state index in [2.05, 4.69) is 14.9 Å². The highest BCUT2D eigenvalue weighted by atomic mass is 32.2. The third kappa shape index (κ3) is 9.37. The molecule has 2 N–H and O–H groups in total. The molecule has 2 aliphatic rings. The van der Waals surface area contributed by atoms with Crippen LogP contribution in [0.1, 0.15) is 42.0 Å². The van der Waals surface area contributed by atoms with Gasteiger partial charge in [0.05, 0.1) is 25.2 Å². The van der Waals surface area contributed by atoms with Crippen LogP contribution < -0.4 is 14.8 Å². The summed E-state index contributed by atoms with van der Waals surface area (Å²) in [5.41, 5.74) is 2.43. The maximum absolute atomic E-state index is 14.0. The molecule has 0 radical (unpaired) electrons. The highest BCUT2D eigenvalue weighted by Crippen LogP contribution is 2.26. The minimum atomic E-state index is -3.55. The molecule has 2 fully saturated rings. The molecule has 240 valence electrons. The first-order valence-electron chi connectivity index (χ1n) is 15.5. The van der Waals surface area contributed by atoms with Crippen LogP contribution in [0.25, 0.3) is 0 Å². The van der Waals surface area contributed by atoms with Gasteiger partial charge in [0, 0.05) is 45.2 Å². The van der Waals surface area contributed by atoms with Crippen LogP contribution in [0.15, 0.2) is 83.8 Å². The van der Waals surface area contributed by atoms with Crippen LogP contribution in [0.4, 0.5) is 0 Å². The number of morpholine rings is 1. The third-order valence-corrected chi connectivity index (χ3v) is 9.64. The average Bonchev–Trinajstić information content (AvgIpc) is 3.88. The van der Waals surface area contributed by atoms with Gasteiger partial charge in [-0.15, -0.1) is 0 Å². The molecule has 1 atom stereocenters. The Morgan fingerprint density at radius 1 is 0.956 bits per heavy atom. The molecule has 0 spiro atoms. The summed E-state index contributed by atoms with van der Waals surface area (Å²) in [4.78, 5) is 32.0. The summed E-state index contributed by atoms with van der Waals surface area (Å²) in [5, 5.41) is 3.08. The zero-order valence-electron chi connectivity index (χ0n) is 25.7. The number of carbonyl (C=O) groups excluding carboxylic acids is 2. The topological polar surface area (TPSA) is 117 Å². The largest absolute Gasteiger partial charge is 0.497 e. The lowest BCUT2D eigenvalue weighted by molar-refractivity contribution is -0.141. The number of ether oxygens (including phenoxy) is 2. The average molecular weight is 635 g/mol. The Balaban J connectivity index is 1.33. The van der Waals surface area contributed by atoms with E-state index in [1.807, 2.05) is 54.6 Å². The molecule has 1 heterocycles. The van der Waals surface area contributed by atoms with E-state index in [1.54, 1.807) is 36.3 Å². The molecule has 1 saturated carbocycles. The van der Waals surface area contributed by atoms with E-state index in [0.717, 1.165) is 42.6 Å². The second-order valence-electron chi connectivity index (χ2n) is 11.5. The van der Waals surface area contributed by atoms with Crippen LogP contribution in [0.2, 0.25) is 0 Å². The summed E-state index contributed by atoms with van der Waals surface area (Å²) in [6, 6.07) is 22.7. The van der Waals surface area contributed by atoms with Gasteiger partial charge in [-0.3, -0.25) is 14.5 Å². The van der Waals surface area contributed by atoms with E-state index in [-0.39, 0.29) is 35.7 Å². The minimum Gasteiger partial charge on any atom is -0.497 e. The Morgan fingerprint density at radius 3 is 2.27 bits per heavy atom. The number of sulfonamides is 1. The Labute approximate surface area is 265 Å². The summed E-state index contributed by atoms with van der Waals surface area (Å²) in [7, 11) is -1.95. The van der Waals surface area contributed by atoms with Crippen molar-refractivity contribution in [2.45, 2.75) is 49.2 Å². The number of carbonyl (C=O) groups is 2. The highest BCUT2D eigenvalue weighted by molar-refractivity contribution is 7.89. The second-order valence-corrected chi connectivity index (χ2v) is 13.2. The first-order chi connectivity index (χ1) is 21.8. The van der Waals surface area contributed by atoms with Gasteiger partial charge in [-0.1, -0.05) is 54.6 Å². The molecule has 0 bridgehead atoms. The van der Waals surface area contributed by atoms with Crippen LogP contribution in [0.3, 0.4) is 0 Å². The van der Waals surface area contributed by atoms with Gasteiger partial charge in [-0.2, -0.15) is 0 Å². The molecular weight excluding hydrogens is 592 g/mol. The number of aryl methyl sites for hydroxylation is 1. The van der Waals surface area contributed by atoms with Crippen molar-refractivity contribution in [1.82, 2.24) is 19.8 Å². The Hall–Kier alpha value is -3.77. The number of nitrogens with zero attached hydrogens (tertiary/aromatic N) is 2. The van der Waals surface area contributed by atoms with Gasteiger partial charge in [0.1, 0.15) is 11.8 Å². The minimum absolute atomic E-state index is 0.0260. The quantitative estimate of drug-likeness (QED) is 0.264. The van der Waals surface area contributed by atoms with E-state index < -0.39 is 16.1 Å². The Kier molecular flexibility index (Phi) is 11.2. The predicted molar refractivity (Wildman–Crippen MR) is 171 cm³/mol. The fourth-order valence-electron chi connectivity index (χ4n) is 5.34. The van der Waals surface area contributed by atoms with E-state index in [9.17, 15) is 18.0 Å². The van der Waals surface area contributed by atoms with Crippen LogP contribution in [-0.4, -0.2) is 82.6 Å². The van der Waals surface area contributed by atoms with Crippen LogP contribution >= 0.6 is 0 Å². The normalized spacial score (nSPS) is 16.1. The van der Waals surface area contributed by atoms with E-state index >= 15 is 0 Å². The van der Waals surface area contributed by atoms with Crippen LogP contribution in [-0.2, 0) is 37.3 Å². The van der Waals surface area contributed by atoms with Gasteiger partial charge < -0.3 is 19.7 Å². The fourth-order valence-corrected chi connectivity index (χ4v) is 6.64. The molecule has 3 aromatic carbocycles. The summed E-state index contributed by atoms with van der Waals surface area (Å²) in [6.07, 6.45) is 2.27. The van der Waals surface area contributed by atoms with Gasteiger partial charge >= 0.3 is 0 Å². The molecule has 45 heavy (non-hydrogen) atoms. The third-order valence-electron chi connectivity index (χ3n) is 8.10. The SMILES string of the molecule is COc1ccc(CN(C(=O)CCc2ccc(S(=O)(=O)NC3CC3)cc2)[C@@H](C(=O)NCCN2CCOCC2)c2ccccc2)cc1. The first kappa shape index (κ1) is 32.6. The molecule has 10 nitrogen and oxygen atoms in total. The van der Waals surface area contributed by atoms with Crippen molar-refractivity contribution in [1.29, 1.82) is 0 Å². The lowest BCUT2D eigenvalue weighted by atomic mass is 10.0. The van der Waals surface area contributed by atoms with Crippen LogP contribution in [0.5, 0.6) is 5.75 Å². The van der Waals surface area contributed by atoms with Gasteiger partial charge in [0.25, 0.3) is 0 Å². The molecule has 0 aromatic heterocycles. The maximum atomic E-state index is 14.0. The number of methoxy groups -OCH3 is 1. The molecule has 1 aliphatic heterocycles. The first-order valence-corrected chi connectivity index (χ1v) is 17.0. The summed E-state index contributed by atoms with van der Waals surface area (Å²) in [5.74, 6) is 0.277. The Morgan fingerprint density at radius 2 is 1.62 bits per heavy atom. The van der Waals surface area contributed by atoms with Gasteiger partial charge in [0.2, 0.25) is 21.8 Å². The van der Waals surface area contributed by atoms with Crippen molar-refractivity contribution in [2.75, 3.05) is 46.5 Å². The van der Waals surface area contributed by atoms with Crippen molar-refractivity contribution in [3.8, 4) is 5.75 Å². The van der Waals surface area contributed by atoms with Crippen molar-refractivity contribution < 1.29 is 27.5 Å². The molecule has 5 rings (SSSR count). The molecule has 1 aliphatic carbocycles. The highest BCUT2D eigenvalue weighted by Gasteiger charge is 2.32. The zero-order chi connectivity index (χ0) is 31.6. The summed E-state index contributed by atoms with van der Waals surface area (Å²) < 4.78 is 38.6. The molecule has 3 aromatic rings. The van der Waals surface area contributed by atoms with E-state index in [4.69, 9.17) is 9.47 Å². The number of benzene rings is 3.